The van der Waals surface area contributed by atoms with Gasteiger partial charge in [-0.05, 0) is 45.2 Å². The summed E-state index contributed by atoms with van der Waals surface area (Å²) < 4.78 is 5.28. The van der Waals surface area contributed by atoms with Gasteiger partial charge in [-0.2, -0.15) is 0 Å². The number of carbonyl (C=O) groups is 1. The number of rotatable bonds is 7. The quantitative estimate of drug-likeness (QED) is 0.580. The Kier molecular flexibility index (Phi) is 6.32. The summed E-state index contributed by atoms with van der Waals surface area (Å²) in [5, 5.41) is 2.86. The lowest BCUT2D eigenvalue weighted by Gasteiger charge is -2.23. The van der Waals surface area contributed by atoms with Gasteiger partial charge in [-0.25, -0.2) is 0 Å². The van der Waals surface area contributed by atoms with Crippen molar-refractivity contribution in [2.45, 2.75) is 19.9 Å². The fraction of sp³-hybridized carbons (Fsp3) is 0.500. The van der Waals surface area contributed by atoms with Crippen molar-refractivity contribution >= 4 is 17.3 Å². The molecule has 0 bridgehead atoms. The summed E-state index contributed by atoms with van der Waals surface area (Å²) in [6, 6.07) is 6.90. The lowest BCUT2D eigenvalue weighted by molar-refractivity contribution is -0.120. The van der Waals surface area contributed by atoms with Crippen LogP contribution in [0.1, 0.15) is 13.8 Å². The number of ether oxygens (including phenoxy) is 1. The highest BCUT2D eigenvalue weighted by Crippen LogP contribution is 2.11. The topological polar surface area (TPSA) is 67.6 Å². The lowest BCUT2D eigenvalue weighted by atomic mass is 10.2. The van der Waals surface area contributed by atoms with Gasteiger partial charge in [0.2, 0.25) is 5.91 Å². The first-order valence-corrected chi connectivity index (χ1v) is 6.49. The molecule has 0 radical (unpaired) electrons. The Bertz CT molecular complexity index is 392. The van der Waals surface area contributed by atoms with Crippen LogP contribution in [0.3, 0.4) is 0 Å². The van der Waals surface area contributed by atoms with E-state index in [4.69, 9.17) is 10.5 Å². The molecular weight excluding hydrogens is 242 g/mol. The van der Waals surface area contributed by atoms with Gasteiger partial charge in [0.15, 0.2) is 0 Å². The van der Waals surface area contributed by atoms with Crippen LogP contribution in [0.2, 0.25) is 0 Å². The van der Waals surface area contributed by atoms with Gasteiger partial charge in [-0.15, -0.1) is 0 Å². The van der Waals surface area contributed by atoms with Gasteiger partial charge in [-0.1, -0.05) is 0 Å². The molecule has 1 atom stereocenters. The molecule has 1 aromatic carbocycles. The zero-order chi connectivity index (χ0) is 14.3. The van der Waals surface area contributed by atoms with Crippen LogP contribution < -0.4 is 11.1 Å². The normalized spacial score (nSPS) is 12.4. The average molecular weight is 265 g/mol. The third kappa shape index (κ3) is 5.28. The molecule has 0 aliphatic carbocycles. The highest BCUT2D eigenvalue weighted by atomic mass is 16.5. The molecule has 0 aromatic heterocycles. The molecule has 19 heavy (non-hydrogen) atoms. The van der Waals surface area contributed by atoms with Gasteiger partial charge >= 0.3 is 0 Å². The molecule has 106 valence electrons. The highest BCUT2D eigenvalue weighted by molar-refractivity contribution is 5.94. The number of amides is 1. The maximum atomic E-state index is 12.0. The summed E-state index contributed by atoms with van der Waals surface area (Å²) in [4.78, 5) is 14.0. The second-order valence-corrected chi connectivity index (χ2v) is 4.46. The summed E-state index contributed by atoms with van der Waals surface area (Å²) >= 11 is 0. The summed E-state index contributed by atoms with van der Waals surface area (Å²) in [5.41, 5.74) is 7.03. The summed E-state index contributed by atoms with van der Waals surface area (Å²) in [7, 11) is 1.91. The zero-order valence-corrected chi connectivity index (χ0v) is 11.8. The monoisotopic (exact) mass is 265 g/mol. The molecule has 5 nitrogen and oxygen atoms in total. The molecule has 0 fully saturated rings. The van der Waals surface area contributed by atoms with Crippen LogP contribution in [0.25, 0.3) is 0 Å². The minimum atomic E-state index is -0.210. The van der Waals surface area contributed by atoms with Crippen molar-refractivity contribution in [1.29, 1.82) is 0 Å². The van der Waals surface area contributed by atoms with Crippen molar-refractivity contribution < 1.29 is 9.53 Å². The number of carbonyl (C=O) groups excluding carboxylic acids is 1. The third-order valence-corrected chi connectivity index (χ3v) is 3.01. The molecule has 0 spiro atoms. The Morgan fingerprint density at radius 2 is 2.05 bits per heavy atom. The number of nitrogens with one attached hydrogen (secondary N) is 1. The summed E-state index contributed by atoms with van der Waals surface area (Å²) in [5.74, 6) is -0.0382. The van der Waals surface area contributed by atoms with Crippen LogP contribution in [0.15, 0.2) is 24.3 Å². The fourth-order valence-electron chi connectivity index (χ4n) is 1.56. The zero-order valence-electron chi connectivity index (χ0n) is 11.8. The van der Waals surface area contributed by atoms with Crippen LogP contribution in [0.5, 0.6) is 0 Å². The SMILES string of the molecule is CCOCCN(C)C(C)C(=O)Nc1ccc(N)cc1. The Morgan fingerprint density at radius 1 is 1.42 bits per heavy atom. The van der Waals surface area contributed by atoms with E-state index in [9.17, 15) is 4.79 Å². The number of nitrogens with two attached hydrogens (primary N) is 1. The molecule has 0 saturated carbocycles. The molecular formula is C14H23N3O2. The van der Waals surface area contributed by atoms with Crippen molar-refractivity contribution in [3.8, 4) is 0 Å². The molecule has 1 unspecified atom stereocenters. The second-order valence-electron chi connectivity index (χ2n) is 4.46. The Balaban J connectivity index is 2.45. The highest BCUT2D eigenvalue weighted by Gasteiger charge is 2.17. The van der Waals surface area contributed by atoms with Crippen molar-refractivity contribution in [2.24, 2.45) is 0 Å². The van der Waals surface area contributed by atoms with Gasteiger partial charge in [0, 0.05) is 24.5 Å². The van der Waals surface area contributed by atoms with Gasteiger partial charge in [-0.3, -0.25) is 9.69 Å². The number of benzene rings is 1. The molecule has 5 heteroatoms. The standard InChI is InChI=1S/C14H23N3O2/c1-4-19-10-9-17(3)11(2)14(18)16-13-7-5-12(15)6-8-13/h5-8,11H,4,9-10,15H2,1-3H3,(H,16,18). The van der Waals surface area contributed by atoms with E-state index in [1.54, 1.807) is 24.3 Å². The van der Waals surface area contributed by atoms with E-state index in [0.717, 1.165) is 12.2 Å². The van der Waals surface area contributed by atoms with Crippen molar-refractivity contribution in [3.05, 3.63) is 24.3 Å². The number of hydrogen-bond acceptors (Lipinski definition) is 4. The van der Waals surface area contributed by atoms with Crippen molar-refractivity contribution in [3.63, 3.8) is 0 Å². The van der Waals surface area contributed by atoms with Crippen LogP contribution in [0, 0.1) is 0 Å². The number of nitrogen functional groups attached to an aromatic ring is 1. The molecule has 3 N–H and O–H groups in total. The molecule has 1 rings (SSSR count). The minimum Gasteiger partial charge on any atom is -0.399 e. The Hall–Kier alpha value is -1.59. The third-order valence-electron chi connectivity index (χ3n) is 3.01. The maximum Gasteiger partial charge on any atom is 0.241 e. The Labute approximate surface area is 114 Å². The van der Waals surface area contributed by atoms with E-state index in [1.165, 1.54) is 0 Å². The minimum absolute atomic E-state index is 0.0382. The number of nitrogens with zero attached hydrogens (tertiary/aromatic N) is 1. The van der Waals surface area contributed by atoms with E-state index >= 15 is 0 Å². The second kappa shape index (κ2) is 7.76. The molecule has 0 aliphatic rings. The first-order valence-electron chi connectivity index (χ1n) is 6.49. The molecule has 0 aliphatic heterocycles. The predicted octanol–water partition coefficient (Wildman–Crippen LogP) is 1.56. The first-order chi connectivity index (χ1) is 9.04. The summed E-state index contributed by atoms with van der Waals surface area (Å²) in [6.07, 6.45) is 0. The van der Waals surface area contributed by atoms with E-state index in [0.29, 0.717) is 18.9 Å². The van der Waals surface area contributed by atoms with Crippen LogP contribution in [-0.4, -0.2) is 43.7 Å². The van der Waals surface area contributed by atoms with E-state index in [-0.39, 0.29) is 11.9 Å². The Morgan fingerprint density at radius 3 is 2.63 bits per heavy atom. The molecule has 1 amide bonds. The molecule has 0 heterocycles. The number of hydrogen-bond donors (Lipinski definition) is 2. The van der Waals surface area contributed by atoms with Crippen LogP contribution in [0.4, 0.5) is 11.4 Å². The predicted molar refractivity (Wildman–Crippen MR) is 78.1 cm³/mol. The van der Waals surface area contributed by atoms with Crippen LogP contribution in [-0.2, 0) is 9.53 Å². The average Bonchev–Trinajstić information content (AvgIpc) is 2.40. The maximum absolute atomic E-state index is 12.0. The van der Waals surface area contributed by atoms with Crippen molar-refractivity contribution in [2.75, 3.05) is 37.9 Å². The largest absolute Gasteiger partial charge is 0.399 e. The van der Waals surface area contributed by atoms with E-state index in [1.807, 2.05) is 25.8 Å². The van der Waals surface area contributed by atoms with Crippen molar-refractivity contribution in [1.82, 2.24) is 4.90 Å². The van der Waals surface area contributed by atoms with E-state index in [2.05, 4.69) is 5.32 Å². The lowest BCUT2D eigenvalue weighted by Crippen LogP contribution is -2.41. The van der Waals surface area contributed by atoms with Gasteiger partial charge in [0.1, 0.15) is 0 Å². The van der Waals surface area contributed by atoms with Gasteiger partial charge < -0.3 is 15.8 Å². The van der Waals surface area contributed by atoms with Crippen LogP contribution >= 0.6 is 0 Å². The fourth-order valence-corrected chi connectivity index (χ4v) is 1.56. The van der Waals surface area contributed by atoms with Gasteiger partial charge in [0.05, 0.1) is 12.6 Å². The summed E-state index contributed by atoms with van der Waals surface area (Å²) in [6.45, 7) is 5.88. The molecule has 0 saturated heterocycles. The first kappa shape index (κ1) is 15.5. The number of anilines is 2. The van der Waals surface area contributed by atoms with E-state index < -0.39 is 0 Å². The molecule has 1 aromatic rings. The smallest absolute Gasteiger partial charge is 0.241 e. The number of likely N-dealkylation sites (N-methyl/N-ethyl adjacent to an activating group) is 1. The van der Waals surface area contributed by atoms with Gasteiger partial charge in [0.25, 0.3) is 0 Å².